The minimum Gasteiger partial charge on any atom is -0.489 e. The van der Waals surface area contributed by atoms with Crippen LogP contribution in [0.15, 0.2) is 91.0 Å². The van der Waals surface area contributed by atoms with Crippen molar-refractivity contribution in [3.8, 4) is 45.6 Å². The summed E-state index contributed by atoms with van der Waals surface area (Å²) in [7, 11) is 0. The summed E-state index contributed by atoms with van der Waals surface area (Å²) >= 11 is 0. The molecule has 4 aromatic carbocycles. The first-order chi connectivity index (χ1) is 24.4. The number of carboxylic acid groups (broad SMARTS) is 2. The quantitative estimate of drug-likeness (QED) is 0.181. The van der Waals surface area contributed by atoms with E-state index >= 15 is 0 Å². The standard InChI is InChI=1S/C36H23N9O5.Cu/c46-28(47)16-19(17-29(48)49)50-18-13-14-24-26(15-18)36-42-34(24)40-32-21-8-2-1-7-20(21)30(38-32)37-31-22-9-3-4-10-23(22)33(39-31)41-35-25-11-5-6-12-27(25)45(43-35)44-36;/h1-15,19H,16-17H2,(H3,37,38,39,40,41,42,43,44,46,47,48,49);/q;+2/p-1. The topological polar surface area (TPSA) is 193 Å². The van der Waals surface area contributed by atoms with Crippen molar-refractivity contribution in [3.05, 3.63) is 91.0 Å². The van der Waals surface area contributed by atoms with Crippen LogP contribution in [0, 0.1) is 0 Å². The zero-order valence-electron chi connectivity index (χ0n) is 26.1. The van der Waals surface area contributed by atoms with Gasteiger partial charge in [0, 0.05) is 49.4 Å². The normalized spacial score (nSPS) is 11.6. The second-order valence-electron chi connectivity index (χ2n) is 11.7. The van der Waals surface area contributed by atoms with Gasteiger partial charge in [-0.15, -0.1) is 0 Å². The SMILES string of the molecule is O=C(O)CC(CC(=O)O)Oc1ccc2c3nc4nc(nc5[n-]c(nc6n[n+](nc([n-]3)c2c1)-c1ccccc1-6)c1ccccc51)-c1ccccc1-4.[Cu+2]. The van der Waals surface area contributed by atoms with Crippen molar-refractivity contribution in [2.24, 2.45) is 0 Å². The van der Waals surface area contributed by atoms with E-state index in [1.54, 1.807) is 18.2 Å². The predicted octanol–water partition coefficient (Wildman–Crippen LogP) is 4.43. The van der Waals surface area contributed by atoms with Crippen LogP contribution in [0.3, 0.4) is 0 Å². The summed E-state index contributed by atoms with van der Waals surface area (Å²) in [5.74, 6) is -0.887. The number of carbonyl (C=O) groups is 2. The molecular formula is C36H22CuN9O5+. The average Bonchev–Trinajstić information content (AvgIpc) is 3.83. The van der Waals surface area contributed by atoms with Crippen molar-refractivity contribution < 1.29 is 46.4 Å². The number of fused-ring (bicyclic) bond motifs is 20. The summed E-state index contributed by atoms with van der Waals surface area (Å²) in [4.78, 5) is 53.6. The molecule has 0 unspecified atom stereocenters. The molecule has 0 spiro atoms. The Balaban J connectivity index is 0.00000374. The average molecular weight is 724 g/mol. The van der Waals surface area contributed by atoms with Crippen molar-refractivity contribution in [2.75, 3.05) is 0 Å². The number of aromatic nitrogens is 9. The molecule has 0 saturated heterocycles. The van der Waals surface area contributed by atoms with Crippen LogP contribution in [-0.4, -0.2) is 58.4 Å². The molecule has 251 valence electrons. The maximum Gasteiger partial charge on any atom is 2.00 e. The summed E-state index contributed by atoms with van der Waals surface area (Å²) in [6, 6.07) is 27.9. The molecule has 0 atom stereocenters. The molecule has 2 aliphatic rings. The van der Waals surface area contributed by atoms with Crippen LogP contribution in [0.25, 0.3) is 84.0 Å². The molecule has 0 saturated carbocycles. The minimum absolute atomic E-state index is 0. The van der Waals surface area contributed by atoms with Crippen LogP contribution in [0.1, 0.15) is 12.8 Å². The minimum atomic E-state index is -1.18. The third kappa shape index (κ3) is 5.59. The van der Waals surface area contributed by atoms with Gasteiger partial charge in [-0.1, -0.05) is 65.8 Å². The van der Waals surface area contributed by atoms with E-state index in [-0.39, 0.29) is 28.5 Å². The van der Waals surface area contributed by atoms with Gasteiger partial charge in [0.25, 0.3) is 5.69 Å². The van der Waals surface area contributed by atoms with Crippen LogP contribution in [0.5, 0.6) is 5.75 Å². The van der Waals surface area contributed by atoms with Crippen molar-refractivity contribution in [3.63, 3.8) is 0 Å². The summed E-state index contributed by atoms with van der Waals surface area (Å²) < 4.78 is 5.88. The zero-order chi connectivity index (χ0) is 33.9. The van der Waals surface area contributed by atoms with E-state index in [0.717, 1.165) is 27.5 Å². The number of benzene rings is 4. The second-order valence-corrected chi connectivity index (χ2v) is 11.7. The Kier molecular flexibility index (Phi) is 7.70. The molecule has 1 radical (unpaired) electrons. The number of rotatable bonds is 6. The Morgan fingerprint density at radius 3 is 1.76 bits per heavy atom. The molecule has 2 N–H and O–H groups in total. The van der Waals surface area contributed by atoms with Crippen LogP contribution in [0.2, 0.25) is 0 Å². The maximum absolute atomic E-state index is 11.5. The van der Waals surface area contributed by atoms with E-state index in [9.17, 15) is 19.8 Å². The third-order valence-corrected chi connectivity index (χ3v) is 8.41. The van der Waals surface area contributed by atoms with Crippen LogP contribution < -0.4 is 19.5 Å². The van der Waals surface area contributed by atoms with Crippen LogP contribution in [0.4, 0.5) is 0 Å². The van der Waals surface area contributed by atoms with Gasteiger partial charge in [-0.3, -0.25) is 9.59 Å². The summed E-state index contributed by atoms with van der Waals surface area (Å²) in [5.41, 5.74) is 4.40. The number of aliphatic carboxylic acids is 2. The first-order valence-electron chi connectivity index (χ1n) is 15.5. The molecule has 0 fully saturated rings. The Labute approximate surface area is 297 Å². The molecule has 0 amide bonds. The molecular weight excluding hydrogens is 702 g/mol. The van der Waals surface area contributed by atoms with E-state index < -0.39 is 30.9 Å². The fourth-order valence-electron chi connectivity index (χ4n) is 6.21. The Bertz CT molecular complexity index is 2720. The van der Waals surface area contributed by atoms with Crippen molar-refractivity contribution >= 4 is 56.1 Å². The molecule has 8 bridgehead atoms. The van der Waals surface area contributed by atoms with Crippen LogP contribution >= 0.6 is 0 Å². The number of nitrogens with zero attached hydrogens (tertiary/aromatic N) is 9. The van der Waals surface area contributed by atoms with Gasteiger partial charge in [-0.25, -0.2) is 4.98 Å². The maximum atomic E-state index is 11.5. The molecule has 51 heavy (non-hydrogen) atoms. The molecule has 9 rings (SSSR count). The summed E-state index contributed by atoms with van der Waals surface area (Å²) in [6.07, 6.45) is -2.09. The van der Waals surface area contributed by atoms with Gasteiger partial charge in [0.2, 0.25) is 0 Å². The molecule has 14 nitrogen and oxygen atoms in total. The smallest absolute Gasteiger partial charge is 0.489 e. The van der Waals surface area contributed by atoms with Gasteiger partial charge >= 0.3 is 29.0 Å². The molecule has 15 heteroatoms. The van der Waals surface area contributed by atoms with E-state index in [0.29, 0.717) is 50.9 Å². The van der Waals surface area contributed by atoms with Gasteiger partial charge in [-0.05, 0) is 40.4 Å². The van der Waals surface area contributed by atoms with Crippen molar-refractivity contribution in [2.45, 2.75) is 18.9 Å². The van der Waals surface area contributed by atoms with Crippen molar-refractivity contribution in [1.82, 2.24) is 40.1 Å². The van der Waals surface area contributed by atoms with Gasteiger partial charge in [0.05, 0.1) is 35.7 Å². The van der Waals surface area contributed by atoms with E-state index in [2.05, 4.69) is 0 Å². The fraction of sp³-hybridized carbons (Fsp3) is 0.0833. The van der Waals surface area contributed by atoms with E-state index in [1.165, 1.54) is 4.80 Å². The Hall–Kier alpha value is -6.57. The number of hydrogen-bond donors (Lipinski definition) is 2. The van der Waals surface area contributed by atoms with E-state index in [4.69, 9.17) is 44.8 Å². The Morgan fingerprint density at radius 2 is 1.14 bits per heavy atom. The monoisotopic (exact) mass is 723 g/mol. The van der Waals surface area contributed by atoms with Gasteiger partial charge in [0.15, 0.2) is 5.82 Å². The number of hydrogen-bond acceptors (Lipinski definition) is 9. The molecule has 3 aromatic heterocycles. The largest absolute Gasteiger partial charge is 2.00 e. The molecule has 7 aromatic rings. The molecule has 0 aliphatic carbocycles. The third-order valence-electron chi connectivity index (χ3n) is 8.41. The Morgan fingerprint density at radius 1 is 0.608 bits per heavy atom. The summed E-state index contributed by atoms with van der Waals surface area (Å²) in [6.45, 7) is 0. The zero-order valence-corrected chi connectivity index (χ0v) is 27.0. The van der Waals surface area contributed by atoms with Gasteiger partial charge in [-0.2, -0.15) is 0 Å². The first kappa shape index (κ1) is 31.7. The number of carboxylic acids is 2. The van der Waals surface area contributed by atoms with Gasteiger partial charge < -0.3 is 39.9 Å². The van der Waals surface area contributed by atoms with Gasteiger partial charge in [0.1, 0.15) is 11.9 Å². The number of para-hydroxylation sites is 1. The van der Waals surface area contributed by atoms with Crippen molar-refractivity contribution in [1.29, 1.82) is 0 Å². The number of ether oxygens (including phenoxy) is 1. The second kappa shape index (κ2) is 12.4. The fourth-order valence-corrected chi connectivity index (χ4v) is 6.21. The first-order valence-corrected chi connectivity index (χ1v) is 15.5. The summed E-state index contributed by atoms with van der Waals surface area (Å²) in [5, 5.41) is 31.1. The molecule has 5 heterocycles. The van der Waals surface area contributed by atoms with Crippen LogP contribution in [-0.2, 0) is 26.7 Å². The predicted molar refractivity (Wildman–Crippen MR) is 179 cm³/mol. The molecule has 2 aliphatic heterocycles. The van der Waals surface area contributed by atoms with E-state index in [1.807, 2.05) is 72.8 Å².